The summed E-state index contributed by atoms with van der Waals surface area (Å²) >= 11 is 0. The number of carbonyl (C=O) groups is 2. The summed E-state index contributed by atoms with van der Waals surface area (Å²) in [4.78, 5) is 24.0. The van der Waals surface area contributed by atoms with Gasteiger partial charge in [-0.2, -0.15) is 0 Å². The van der Waals surface area contributed by atoms with Crippen molar-refractivity contribution in [2.45, 2.75) is 6.92 Å². The van der Waals surface area contributed by atoms with Crippen LogP contribution in [0.4, 0.5) is 0 Å². The molecule has 0 spiro atoms. The quantitative estimate of drug-likeness (QED) is 0.671. The number of ether oxygens (including phenoxy) is 1. The lowest BCUT2D eigenvalue weighted by atomic mass is 10.1. The first-order chi connectivity index (χ1) is 12.1. The van der Waals surface area contributed by atoms with Gasteiger partial charge in [0, 0.05) is 24.0 Å². The Labute approximate surface area is 143 Å². The summed E-state index contributed by atoms with van der Waals surface area (Å²) in [6.45, 7) is 2.36. The predicted octanol–water partition coefficient (Wildman–Crippen LogP) is 2.50. The van der Waals surface area contributed by atoms with Gasteiger partial charge >= 0.3 is 0 Å². The van der Waals surface area contributed by atoms with Crippen LogP contribution in [0.1, 0.15) is 26.7 Å². The Hall–Kier alpha value is -3.22. The third-order valence-corrected chi connectivity index (χ3v) is 3.79. The lowest BCUT2D eigenvalue weighted by molar-refractivity contribution is 0.0901. The third-order valence-electron chi connectivity index (χ3n) is 3.79. The molecule has 0 bridgehead atoms. The van der Waals surface area contributed by atoms with Crippen molar-refractivity contribution in [3.63, 3.8) is 0 Å². The molecule has 2 aromatic heterocycles. The van der Waals surface area contributed by atoms with E-state index in [1.54, 1.807) is 31.4 Å². The first kappa shape index (κ1) is 16.6. The highest BCUT2D eigenvalue weighted by Gasteiger charge is 2.18. The Morgan fingerprint density at radius 3 is 2.56 bits per heavy atom. The van der Waals surface area contributed by atoms with E-state index in [0.717, 1.165) is 10.9 Å². The predicted molar refractivity (Wildman–Crippen MR) is 90.9 cm³/mol. The van der Waals surface area contributed by atoms with E-state index in [0.29, 0.717) is 11.3 Å². The fraction of sp³-hybridized carbons (Fsp3) is 0.222. The van der Waals surface area contributed by atoms with Crippen molar-refractivity contribution in [1.82, 2.24) is 10.6 Å². The second-order valence-electron chi connectivity index (χ2n) is 5.41. The van der Waals surface area contributed by atoms with Crippen LogP contribution in [0.2, 0.25) is 0 Å². The van der Waals surface area contributed by atoms with Crippen molar-refractivity contribution >= 4 is 22.8 Å². The minimum atomic E-state index is -0.333. The van der Waals surface area contributed by atoms with Crippen LogP contribution in [-0.2, 0) is 0 Å². The first-order valence-electron chi connectivity index (χ1n) is 7.77. The minimum absolute atomic E-state index is 0.230. The molecule has 7 heteroatoms. The van der Waals surface area contributed by atoms with E-state index in [-0.39, 0.29) is 36.4 Å². The van der Waals surface area contributed by atoms with E-state index in [2.05, 4.69) is 10.6 Å². The van der Waals surface area contributed by atoms with Crippen molar-refractivity contribution in [2.24, 2.45) is 0 Å². The molecular weight excluding hydrogens is 324 g/mol. The second-order valence-corrected chi connectivity index (χ2v) is 5.41. The average molecular weight is 342 g/mol. The Morgan fingerprint density at radius 2 is 1.88 bits per heavy atom. The zero-order chi connectivity index (χ0) is 17.8. The van der Waals surface area contributed by atoms with Crippen LogP contribution in [0, 0.1) is 6.92 Å². The number of benzene rings is 1. The monoisotopic (exact) mass is 342 g/mol. The first-order valence-corrected chi connectivity index (χ1v) is 7.77. The molecule has 0 aliphatic heterocycles. The molecular formula is C18H18N2O5. The molecule has 3 aromatic rings. The van der Waals surface area contributed by atoms with Gasteiger partial charge in [-0.1, -0.05) is 0 Å². The van der Waals surface area contributed by atoms with Crippen molar-refractivity contribution in [2.75, 3.05) is 20.2 Å². The van der Waals surface area contributed by atoms with Crippen LogP contribution in [0.5, 0.6) is 5.75 Å². The number of aryl methyl sites for hydroxylation is 1. The summed E-state index contributed by atoms with van der Waals surface area (Å²) in [6.07, 6.45) is 1.43. The summed E-state index contributed by atoms with van der Waals surface area (Å²) in [6, 6.07) is 8.57. The van der Waals surface area contributed by atoms with Crippen molar-refractivity contribution in [3.8, 4) is 5.75 Å². The number of methoxy groups -OCH3 is 1. The van der Waals surface area contributed by atoms with Gasteiger partial charge in [-0.15, -0.1) is 0 Å². The van der Waals surface area contributed by atoms with Gasteiger partial charge in [0.15, 0.2) is 11.5 Å². The Bertz CT molecular complexity index is 896. The van der Waals surface area contributed by atoms with E-state index in [4.69, 9.17) is 13.6 Å². The maximum Gasteiger partial charge on any atom is 0.287 e. The van der Waals surface area contributed by atoms with Gasteiger partial charge in [0.25, 0.3) is 11.8 Å². The largest absolute Gasteiger partial charge is 0.497 e. The minimum Gasteiger partial charge on any atom is -0.497 e. The van der Waals surface area contributed by atoms with Crippen LogP contribution in [-0.4, -0.2) is 32.0 Å². The zero-order valence-corrected chi connectivity index (χ0v) is 13.9. The number of hydrogen-bond donors (Lipinski definition) is 2. The zero-order valence-electron chi connectivity index (χ0n) is 13.9. The molecule has 0 aliphatic carbocycles. The van der Waals surface area contributed by atoms with Gasteiger partial charge in [-0.3, -0.25) is 9.59 Å². The second kappa shape index (κ2) is 7.12. The number of amides is 2. The molecule has 25 heavy (non-hydrogen) atoms. The Kier molecular flexibility index (Phi) is 4.74. The van der Waals surface area contributed by atoms with Crippen LogP contribution in [0.25, 0.3) is 11.0 Å². The molecule has 0 fully saturated rings. The molecule has 1 aromatic carbocycles. The molecule has 0 aliphatic rings. The maximum absolute atomic E-state index is 12.3. The van der Waals surface area contributed by atoms with E-state index in [9.17, 15) is 9.59 Å². The third kappa shape index (κ3) is 3.50. The molecule has 2 N–H and O–H groups in total. The summed E-state index contributed by atoms with van der Waals surface area (Å²) < 4.78 is 15.8. The molecule has 3 rings (SSSR count). The highest BCUT2D eigenvalue weighted by atomic mass is 16.5. The summed E-state index contributed by atoms with van der Waals surface area (Å²) in [5, 5.41) is 6.20. The molecule has 7 nitrogen and oxygen atoms in total. The topological polar surface area (TPSA) is 93.7 Å². The van der Waals surface area contributed by atoms with Gasteiger partial charge in [0.05, 0.1) is 13.4 Å². The van der Waals surface area contributed by atoms with Gasteiger partial charge in [-0.25, -0.2) is 0 Å². The number of fused-ring (bicyclic) bond motifs is 1. The molecule has 0 saturated heterocycles. The Morgan fingerprint density at radius 1 is 1.12 bits per heavy atom. The number of nitrogens with one attached hydrogen (secondary N) is 2. The van der Waals surface area contributed by atoms with Gasteiger partial charge in [0.2, 0.25) is 0 Å². The van der Waals surface area contributed by atoms with Crippen LogP contribution >= 0.6 is 0 Å². The molecule has 0 saturated carbocycles. The molecule has 2 heterocycles. The molecule has 0 radical (unpaired) electrons. The van der Waals surface area contributed by atoms with E-state index in [1.165, 1.54) is 6.26 Å². The standard InChI is InChI=1S/C18H18N2O5/c1-11-13-10-12(23-2)5-6-14(13)25-16(11)18(22)20-8-7-19-17(21)15-4-3-9-24-15/h3-6,9-10H,7-8H2,1-2H3,(H,19,21)(H,20,22). The van der Waals surface area contributed by atoms with Crippen LogP contribution in [0.15, 0.2) is 45.4 Å². The average Bonchev–Trinajstić information content (AvgIpc) is 3.27. The molecule has 0 atom stereocenters. The van der Waals surface area contributed by atoms with Gasteiger partial charge < -0.3 is 24.2 Å². The maximum atomic E-state index is 12.3. The number of carbonyl (C=O) groups excluding carboxylic acids is 2. The Balaban J connectivity index is 1.59. The smallest absolute Gasteiger partial charge is 0.287 e. The lowest BCUT2D eigenvalue weighted by Crippen LogP contribution is -2.34. The van der Waals surface area contributed by atoms with Gasteiger partial charge in [-0.05, 0) is 37.3 Å². The number of rotatable bonds is 6. The summed E-state index contributed by atoms with van der Waals surface area (Å²) in [5.41, 5.74) is 1.36. The highest BCUT2D eigenvalue weighted by molar-refractivity contribution is 5.99. The van der Waals surface area contributed by atoms with Crippen molar-refractivity contribution in [1.29, 1.82) is 0 Å². The van der Waals surface area contributed by atoms with E-state index < -0.39 is 0 Å². The van der Waals surface area contributed by atoms with E-state index in [1.807, 2.05) is 13.0 Å². The van der Waals surface area contributed by atoms with Crippen LogP contribution in [0.3, 0.4) is 0 Å². The highest BCUT2D eigenvalue weighted by Crippen LogP contribution is 2.28. The van der Waals surface area contributed by atoms with Crippen LogP contribution < -0.4 is 15.4 Å². The van der Waals surface area contributed by atoms with Crippen molar-refractivity contribution in [3.05, 3.63) is 53.7 Å². The number of furan rings is 2. The fourth-order valence-corrected chi connectivity index (χ4v) is 2.47. The van der Waals surface area contributed by atoms with Gasteiger partial charge in [0.1, 0.15) is 11.3 Å². The SMILES string of the molecule is COc1ccc2oc(C(=O)NCCNC(=O)c3ccco3)c(C)c2c1. The summed E-state index contributed by atoms with van der Waals surface area (Å²) in [5.74, 6) is 0.518. The lowest BCUT2D eigenvalue weighted by Gasteiger charge is -2.05. The van der Waals surface area contributed by atoms with Crippen molar-refractivity contribution < 1.29 is 23.2 Å². The molecule has 2 amide bonds. The molecule has 0 unspecified atom stereocenters. The molecule has 130 valence electrons. The normalized spacial score (nSPS) is 10.6. The summed E-state index contributed by atoms with van der Waals surface area (Å²) in [7, 11) is 1.58. The number of hydrogen-bond acceptors (Lipinski definition) is 5. The van der Waals surface area contributed by atoms with E-state index >= 15 is 0 Å². The fourth-order valence-electron chi connectivity index (χ4n) is 2.47.